The van der Waals surface area contributed by atoms with Gasteiger partial charge in [-0.1, -0.05) is 18.2 Å². The lowest BCUT2D eigenvalue weighted by Gasteiger charge is -2.18. The molecule has 0 bridgehead atoms. The largest absolute Gasteiger partial charge is 0.573 e. The van der Waals surface area contributed by atoms with Crippen molar-refractivity contribution in [3.63, 3.8) is 0 Å². The van der Waals surface area contributed by atoms with Gasteiger partial charge in [-0.2, -0.15) is 4.31 Å². The summed E-state index contributed by atoms with van der Waals surface area (Å²) in [5.41, 5.74) is 0.0883. The summed E-state index contributed by atoms with van der Waals surface area (Å²) in [5.74, 6) is -0.443. The number of ether oxygens (including phenoxy) is 1. The minimum atomic E-state index is -4.85. The van der Waals surface area contributed by atoms with Gasteiger partial charge in [-0.15, -0.1) is 13.2 Å². The molecule has 0 atom stereocenters. The zero-order valence-corrected chi connectivity index (χ0v) is 12.1. The Bertz CT molecular complexity index is 730. The minimum absolute atomic E-state index is 0.0883. The van der Waals surface area contributed by atoms with Gasteiger partial charge in [-0.05, 0) is 6.07 Å². The summed E-state index contributed by atoms with van der Waals surface area (Å²) >= 11 is 0. The minimum Gasteiger partial charge on any atom is -0.405 e. The number of halogens is 3. The van der Waals surface area contributed by atoms with E-state index in [9.17, 15) is 21.6 Å². The Hall–Kier alpha value is -2.07. The molecule has 0 aliphatic rings. The van der Waals surface area contributed by atoms with Gasteiger partial charge >= 0.3 is 6.36 Å². The predicted molar refractivity (Wildman–Crippen MR) is 70.4 cm³/mol. The summed E-state index contributed by atoms with van der Waals surface area (Å²) in [6.07, 6.45) is -2.54. The quantitative estimate of drug-likeness (QED) is 0.908. The Kier molecular flexibility index (Phi) is 4.42. The van der Waals surface area contributed by atoms with Crippen LogP contribution in [-0.4, -0.2) is 36.1 Å². The van der Waals surface area contributed by atoms with Crippen LogP contribution in [0.1, 0.15) is 5.56 Å². The number of hydrogen-bond acceptors (Lipinski definition) is 4. The molecule has 0 amide bonds. The van der Waals surface area contributed by atoms with Crippen LogP contribution in [0, 0.1) is 0 Å². The summed E-state index contributed by atoms with van der Waals surface area (Å²) in [4.78, 5) is 6.05. The zero-order valence-electron chi connectivity index (χ0n) is 11.3. The molecule has 120 valence electrons. The molecule has 0 aliphatic carbocycles. The lowest BCUT2D eigenvalue weighted by molar-refractivity contribution is -0.274. The van der Waals surface area contributed by atoms with E-state index in [0.29, 0.717) is 0 Å². The molecule has 0 fully saturated rings. The van der Waals surface area contributed by atoms with E-state index in [1.54, 1.807) is 0 Å². The summed E-state index contributed by atoms with van der Waals surface area (Å²) in [7, 11) is -2.63. The highest BCUT2D eigenvalue weighted by atomic mass is 32.2. The molecule has 0 saturated heterocycles. The van der Waals surface area contributed by atoms with Gasteiger partial charge in [0.05, 0.1) is 12.5 Å². The first kappa shape index (κ1) is 16.3. The first-order valence-corrected chi connectivity index (χ1v) is 7.42. The molecule has 1 heterocycles. The third-order valence-electron chi connectivity index (χ3n) is 2.75. The summed E-state index contributed by atoms with van der Waals surface area (Å²) in [5, 5.41) is -0.149. The monoisotopic (exact) mass is 335 g/mol. The SMILES string of the molecule is CN(Cc1ccccc1OC(F)(F)F)S(=O)(=O)c1cnc[nH]1. The van der Waals surface area contributed by atoms with Gasteiger partial charge in [-0.25, -0.2) is 13.4 Å². The number of benzene rings is 1. The van der Waals surface area contributed by atoms with Gasteiger partial charge in [0, 0.05) is 19.2 Å². The highest BCUT2D eigenvalue weighted by Gasteiger charge is 2.32. The second-order valence-corrected chi connectivity index (χ2v) is 6.35. The number of hydrogen-bond donors (Lipinski definition) is 1. The molecule has 2 aromatic rings. The van der Waals surface area contributed by atoms with E-state index in [-0.39, 0.29) is 17.1 Å². The third-order valence-corrected chi connectivity index (χ3v) is 4.48. The van der Waals surface area contributed by atoms with Crippen molar-refractivity contribution in [2.24, 2.45) is 0 Å². The molecule has 0 aliphatic heterocycles. The number of nitrogens with one attached hydrogen (secondary N) is 1. The lowest BCUT2D eigenvalue weighted by Crippen LogP contribution is -2.27. The molecule has 0 spiro atoms. The van der Waals surface area contributed by atoms with Gasteiger partial charge in [0.1, 0.15) is 5.75 Å². The average Bonchev–Trinajstić information content (AvgIpc) is 2.93. The number of aromatic nitrogens is 2. The number of nitrogens with zero attached hydrogens (tertiary/aromatic N) is 2. The Morgan fingerprint density at radius 2 is 2.00 bits per heavy atom. The van der Waals surface area contributed by atoms with E-state index in [0.717, 1.165) is 16.6 Å². The number of imidazole rings is 1. The first-order valence-electron chi connectivity index (χ1n) is 5.98. The molecular weight excluding hydrogens is 323 g/mol. The van der Waals surface area contributed by atoms with Crippen molar-refractivity contribution >= 4 is 10.0 Å². The fourth-order valence-corrected chi connectivity index (χ4v) is 2.78. The molecule has 10 heteroatoms. The van der Waals surface area contributed by atoms with Crippen molar-refractivity contribution in [1.29, 1.82) is 0 Å². The van der Waals surface area contributed by atoms with E-state index >= 15 is 0 Å². The molecule has 0 saturated carbocycles. The second kappa shape index (κ2) is 5.97. The van der Waals surface area contributed by atoms with E-state index in [1.165, 1.54) is 31.6 Å². The van der Waals surface area contributed by atoms with Gasteiger partial charge in [0.2, 0.25) is 0 Å². The zero-order chi connectivity index (χ0) is 16.4. The van der Waals surface area contributed by atoms with Crippen molar-refractivity contribution in [3.8, 4) is 5.75 Å². The van der Waals surface area contributed by atoms with Crippen molar-refractivity contribution in [2.45, 2.75) is 17.9 Å². The van der Waals surface area contributed by atoms with Gasteiger partial charge < -0.3 is 9.72 Å². The maximum Gasteiger partial charge on any atom is 0.573 e. The normalized spacial score (nSPS) is 12.6. The van der Waals surface area contributed by atoms with Crippen LogP contribution in [0.15, 0.2) is 41.8 Å². The Balaban J connectivity index is 2.24. The van der Waals surface area contributed by atoms with Crippen LogP contribution in [0.3, 0.4) is 0 Å². The highest BCUT2D eigenvalue weighted by molar-refractivity contribution is 7.89. The van der Waals surface area contributed by atoms with Crippen molar-refractivity contribution < 1.29 is 26.3 Å². The Labute approximate surface area is 124 Å². The van der Waals surface area contributed by atoms with Gasteiger partial charge in [0.25, 0.3) is 10.0 Å². The molecular formula is C12H12F3N3O3S. The molecule has 6 nitrogen and oxygen atoms in total. The Morgan fingerprint density at radius 3 is 2.59 bits per heavy atom. The van der Waals surface area contributed by atoms with Crippen LogP contribution in [0.25, 0.3) is 0 Å². The van der Waals surface area contributed by atoms with Crippen LogP contribution in [0.2, 0.25) is 0 Å². The maximum absolute atomic E-state index is 12.3. The van der Waals surface area contributed by atoms with Crippen LogP contribution in [0.5, 0.6) is 5.75 Å². The van der Waals surface area contributed by atoms with Crippen molar-refractivity contribution in [2.75, 3.05) is 7.05 Å². The number of para-hydroxylation sites is 1. The van der Waals surface area contributed by atoms with E-state index in [1.807, 2.05) is 0 Å². The standard InChI is InChI=1S/C12H12F3N3O3S/c1-18(22(19,20)11-6-16-8-17-11)7-9-4-2-3-5-10(9)21-12(13,14)15/h2-6,8H,7H2,1H3,(H,16,17). The average molecular weight is 335 g/mol. The number of sulfonamides is 1. The number of alkyl halides is 3. The Morgan fingerprint density at radius 1 is 1.32 bits per heavy atom. The summed E-state index contributed by atoms with van der Waals surface area (Å²) in [6, 6.07) is 5.35. The fourth-order valence-electron chi connectivity index (χ4n) is 1.74. The fraction of sp³-hybridized carbons (Fsp3) is 0.250. The van der Waals surface area contributed by atoms with E-state index in [4.69, 9.17) is 0 Å². The van der Waals surface area contributed by atoms with Crippen LogP contribution in [0.4, 0.5) is 13.2 Å². The van der Waals surface area contributed by atoms with E-state index in [2.05, 4.69) is 14.7 Å². The predicted octanol–water partition coefficient (Wildman–Crippen LogP) is 2.13. The summed E-state index contributed by atoms with van der Waals surface area (Å²) in [6.45, 7) is -0.284. The first-order chi connectivity index (χ1) is 10.2. The smallest absolute Gasteiger partial charge is 0.405 e. The van der Waals surface area contributed by atoms with Gasteiger partial charge in [0.15, 0.2) is 5.03 Å². The van der Waals surface area contributed by atoms with Crippen LogP contribution < -0.4 is 4.74 Å². The number of H-pyrrole nitrogens is 1. The molecule has 1 aromatic carbocycles. The highest BCUT2D eigenvalue weighted by Crippen LogP contribution is 2.27. The molecule has 0 unspecified atom stereocenters. The molecule has 1 aromatic heterocycles. The number of rotatable bonds is 5. The molecule has 2 rings (SSSR count). The third kappa shape index (κ3) is 3.77. The van der Waals surface area contributed by atoms with Gasteiger partial charge in [-0.3, -0.25) is 0 Å². The van der Waals surface area contributed by atoms with Crippen molar-refractivity contribution in [1.82, 2.24) is 14.3 Å². The topological polar surface area (TPSA) is 75.3 Å². The second-order valence-electron chi connectivity index (χ2n) is 4.33. The summed E-state index contributed by atoms with van der Waals surface area (Å²) < 4.78 is 66.2. The molecule has 1 N–H and O–H groups in total. The van der Waals surface area contributed by atoms with E-state index < -0.39 is 22.1 Å². The lowest BCUT2D eigenvalue weighted by atomic mass is 10.2. The molecule has 0 radical (unpaired) electrons. The number of aromatic amines is 1. The van der Waals surface area contributed by atoms with Crippen LogP contribution in [-0.2, 0) is 16.6 Å². The van der Waals surface area contributed by atoms with Crippen molar-refractivity contribution in [3.05, 3.63) is 42.4 Å². The van der Waals surface area contributed by atoms with Crippen LogP contribution >= 0.6 is 0 Å². The molecule has 22 heavy (non-hydrogen) atoms. The maximum atomic E-state index is 12.3.